The fourth-order valence-corrected chi connectivity index (χ4v) is 3.51. The monoisotopic (exact) mass is 298 g/mol. The summed E-state index contributed by atoms with van der Waals surface area (Å²) in [5, 5.41) is 14.0. The van der Waals surface area contributed by atoms with Gasteiger partial charge < -0.3 is 15.2 Å². The normalized spacial score (nSPS) is 27.4. The third-order valence-corrected chi connectivity index (χ3v) is 5.07. The Bertz CT molecular complexity index is 302. The Balaban J connectivity index is 1.62. The number of rotatable bonds is 6. The first-order valence-electron chi connectivity index (χ1n) is 8.60. The van der Waals surface area contributed by atoms with Crippen molar-refractivity contribution in [3.8, 4) is 0 Å². The van der Waals surface area contributed by atoms with Gasteiger partial charge in [0, 0.05) is 26.2 Å². The molecule has 2 fully saturated rings. The Morgan fingerprint density at radius 2 is 1.86 bits per heavy atom. The van der Waals surface area contributed by atoms with E-state index in [9.17, 15) is 5.11 Å². The van der Waals surface area contributed by atoms with Gasteiger partial charge in [-0.2, -0.15) is 0 Å². The third kappa shape index (κ3) is 6.23. The molecule has 0 amide bonds. The summed E-state index contributed by atoms with van der Waals surface area (Å²) < 4.78 is 5.35. The molecule has 0 bridgehead atoms. The zero-order valence-corrected chi connectivity index (χ0v) is 14.2. The standard InChI is InChI=1S/C17H34N2O2/c1-16(2)6-4-15(5-7-16)12-18-13-17(3,20)14-19-8-10-21-11-9-19/h15,18,20H,4-14H2,1-3H3. The average Bonchev–Trinajstić information content (AvgIpc) is 2.41. The average molecular weight is 298 g/mol. The van der Waals surface area contributed by atoms with E-state index >= 15 is 0 Å². The van der Waals surface area contributed by atoms with Crippen LogP contribution in [0.25, 0.3) is 0 Å². The molecule has 21 heavy (non-hydrogen) atoms. The Morgan fingerprint density at radius 3 is 2.48 bits per heavy atom. The minimum Gasteiger partial charge on any atom is -0.388 e. The van der Waals surface area contributed by atoms with Crippen molar-refractivity contribution in [2.24, 2.45) is 11.3 Å². The molecule has 0 radical (unpaired) electrons. The third-order valence-electron chi connectivity index (χ3n) is 5.07. The number of nitrogens with zero attached hydrogens (tertiary/aromatic N) is 1. The van der Waals surface area contributed by atoms with Crippen LogP contribution in [0.5, 0.6) is 0 Å². The molecular weight excluding hydrogens is 264 g/mol. The van der Waals surface area contributed by atoms with E-state index in [-0.39, 0.29) is 0 Å². The molecule has 4 nitrogen and oxygen atoms in total. The highest BCUT2D eigenvalue weighted by molar-refractivity contribution is 4.83. The van der Waals surface area contributed by atoms with Gasteiger partial charge in [0.05, 0.1) is 18.8 Å². The lowest BCUT2D eigenvalue weighted by Crippen LogP contribution is -2.51. The van der Waals surface area contributed by atoms with E-state index in [0.717, 1.165) is 45.3 Å². The number of aliphatic hydroxyl groups is 1. The van der Waals surface area contributed by atoms with Crippen LogP contribution < -0.4 is 5.32 Å². The van der Waals surface area contributed by atoms with Gasteiger partial charge >= 0.3 is 0 Å². The van der Waals surface area contributed by atoms with Gasteiger partial charge in [0.1, 0.15) is 0 Å². The van der Waals surface area contributed by atoms with Crippen molar-refractivity contribution in [3.63, 3.8) is 0 Å². The van der Waals surface area contributed by atoms with E-state index in [1.54, 1.807) is 0 Å². The van der Waals surface area contributed by atoms with Crippen molar-refractivity contribution in [3.05, 3.63) is 0 Å². The summed E-state index contributed by atoms with van der Waals surface area (Å²) in [5.74, 6) is 0.789. The summed E-state index contributed by atoms with van der Waals surface area (Å²) >= 11 is 0. The molecule has 2 N–H and O–H groups in total. The van der Waals surface area contributed by atoms with Crippen molar-refractivity contribution in [2.45, 2.75) is 52.1 Å². The quantitative estimate of drug-likeness (QED) is 0.786. The molecule has 1 atom stereocenters. The molecule has 1 saturated heterocycles. The molecule has 1 aliphatic heterocycles. The van der Waals surface area contributed by atoms with E-state index in [0.29, 0.717) is 12.0 Å². The Morgan fingerprint density at radius 1 is 1.24 bits per heavy atom. The predicted octanol–water partition coefficient (Wildman–Crippen LogP) is 1.88. The molecule has 4 heteroatoms. The molecular formula is C17H34N2O2. The molecule has 0 aromatic carbocycles. The molecule has 2 rings (SSSR count). The van der Waals surface area contributed by atoms with Gasteiger partial charge in [-0.05, 0) is 50.5 Å². The van der Waals surface area contributed by atoms with E-state index in [1.807, 2.05) is 6.92 Å². The van der Waals surface area contributed by atoms with Crippen molar-refractivity contribution in [1.29, 1.82) is 0 Å². The van der Waals surface area contributed by atoms with E-state index in [2.05, 4.69) is 24.1 Å². The zero-order chi connectivity index (χ0) is 15.3. The lowest BCUT2D eigenvalue weighted by Gasteiger charge is -2.36. The van der Waals surface area contributed by atoms with Gasteiger partial charge in [0.2, 0.25) is 0 Å². The maximum absolute atomic E-state index is 10.5. The summed E-state index contributed by atoms with van der Waals surface area (Å²) in [7, 11) is 0. The molecule has 0 spiro atoms. The summed E-state index contributed by atoms with van der Waals surface area (Å²) in [4.78, 5) is 2.30. The number of hydrogen-bond acceptors (Lipinski definition) is 4. The van der Waals surface area contributed by atoms with Crippen molar-refractivity contribution in [1.82, 2.24) is 10.2 Å². The van der Waals surface area contributed by atoms with Gasteiger partial charge in [0.25, 0.3) is 0 Å². The smallest absolute Gasteiger partial charge is 0.0869 e. The van der Waals surface area contributed by atoms with Gasteiger partial charge in [-0.1, -0.05) is 13.8 Å². The van der Waals surface area contributed by atoms with Crippen LogP contribution in [-0.2, 0) is 4.74 Å². The predicted molar refractivity (Wildman–Crippen MR) is 86.5 cm³/mol. The Kier molecular flexibility index (Phi) is 6.06. The molecule has 0 aromatic heterocycles. The van der Waals surface area contributed by atoms with Crippen LogP contribution in [-0.4, -0.2) is 61.5 Å². The zero-order valence-electron chi connectivity index (χ0n) is 14.2. The molecule has 1 heterocycles. The maximum atomic E-state index is 10.5. The number of ether oxygens (including phenoxy) is 1. The summed E-state index contributed by atoms with van der Waals surface area (Å²) in [6.45, 7) is 12.6. The van der Waals surface area contributed by atoms with Crippen molar-refractivity contribution >= 4 is 0 Å². The number of nitrogens with one attached hydrogen (secondary N) is 1. The highest BCUT2D eigenvalue weighted by Gasteiger charge is 2.28. The summed E-state index contributed by atoms with van der Waals surface area (Å²) in [6.07, 6.45) is 5.32. The molecule has 1 unspecified atom stereocenters. The molecule has 1 aliphatic carbocycles. The number of hydrogen-bond donors (Lipinski definition) is 2. The summed E-state index contributed by atoms with van der Waals surface area (Å²) in [5.41, 5.74) is -0.108. The van der Waals surface area contributed by atoms with Gasteiger partial charge in [0.15, 0.2) is 0 Å². The topological polar surface area (TPSA) is 44.7 Å². The minimum absolute atomic E-state index is 0.540. The van der Waals surface area contributed by atoms with Crippen LogP contribution in [0.1, 0.15) is 46.5 Å². The van der Waals surface area contributed by atoms with E-state index in [1.165, 1.54) is 25.7 Å². The molecule has 1 saturated carbocycles. The van der Waals surface area contributed by atoms with Gasteiger partial charge in [-0.3, -0.25) is 4.90 Å². The number of β-amino-alcohol motifs (C(OH)–C–C–N with tert-alkyl or cyclic N) is 1. The minimum atomic E-state index is -0.648. The van der Waals surface area contributed by atoms with Crippen LogP contribution in [0.15, 0.2) is 0 Å². The van der Waals surface area contributed by atoms with Crippen molar-refractivity contribution in [2.75, 3.05) is 45.9 Å². The second-order valence-electron chi connectivity index (χ2n) is 8.12. The molecule has 2 aliphatic rings. The summed E-state index contributed by atoms with van der Waals surface area (Å²) in [6, 6.07) is 0. The fraction of sp³-hybridized carbons (Fsp3) is 1.00. The van der Waals surface area contributed by atoms with Crippen LogP contribution in [0.3, 0.4) is 0 Å². The van der Waals surface area contributed by atoms with Crippen LogP contribution in [0, 0.1) is 11.3 Å². The lowest BCUT2D eigenvalue weighted by atomic mass is 9.73. The Labute approximate surface area is 130 Å². The first-order valence-corrected chi connectivity index (χ1v) is 8.60. The van der Waals surface area contributed by atoms with E-state index < -0.39 is 5.60 Å². The van der Waals surface area contributed by atoms with Crippen molar-refractivity contribution < 1.29 is 9.84 Å². The lowest BCUT2D eigenvalue weighted by molar-refractivity contribution is -0.0223. The van der Waals surface area contributed by atoms with E-state index in [4.69, 9.17) is 4.74 Å². The second-order valence-corrected chi connectivity index (χ2v) is 8.12. The number of morpholine rings is 1. The van der Waals surface area contributed by atoms with Crippen LogP contribution in [0.4, 0.5) is 0 Å². The van der Waals surface area contributed by atoms with Gasteiger partial charge in [-0.25, -0.2) is 0 Å². The first kappa shape index (κ1) is 17.2. The second kappa shape index (κ2) is 7.40. The van der Waals surface area contributed by atoms with Gasteiger partial charge in [-0.15, -0.1) is 0 Å². The highest BCUT2D eigenvalue weighted by Crippen LogP contribution is 2.37. The highest BCUT2D eigenvalue weighted by atomic mass is 16.5. The molecule has 0 aromatic rings. The van der Waals surface area contributed by atoms with Crippen LogP contribution in [0.2, 0.25) is 0 Å². The molecule has 124 valence electrons. The maximum Gasteiger partial charge on any atom is 0.0869 e. The SMILES string of the molecule is CC1(C)CCC(CNCC(C)(O)CN2CCOCC2)CC1. The fourth-order valence-electron chi connectivity index (χ4n) is 3.51. The first-order chi connectivity index (χ1) is 9.86. The van der Waals surface area contributed by atoms with Crippen LogP contribution >= 0.6 is 0 Å². The largest absolute Gasteiger partial charge is 0.388 e. The Hall–Kier alpha value is -0.160.